The number of benzene rings is 2. The van der Waals surface area contributed by atoms with Crippen LogP contribution in [0.3, 0.4) is 0 Å². The number of aromatic hydroxyl groups is 1. The number of hydrogen-bond acceptors (Lipinski definition) is 4. The van der Waals surface area contributed by atoms with E-state index in [2.05, 4.69) is 10.1 Å². The van der Waals surface area contributed by atoms with Crippen LogP contribution in [0, 0.1) is 0 Å². The van der Waals surface area contributed by atoms with Gasteiger partial charge in [-0.05, 0) is 35.4 Å². The van der Waals surface area contributed by atoms with Gasteiger partial charge >= 0.3 is 12.1 Å². The lowest BCUT2D eigenvalue weighted by molar-refractivity contribution is -0.144. The van der Waals surface area contributed by atoms with E-state index in [9.17, 15) is 27.9 Å². The maximum atomic E-state index is 13.0. The fourth-order valence-electron chi connectivity index (χ4n) is 2.49. The monoisotopic (exact) mass is 393 g/mol. The highest BCUT2D eigenvalue weighted by Gasteiger charge is 2.32. The van der Waals surface area contributed by atoms with E-state index in [-0.39, 0.29) is 17.7 Å². The van der Waals surface area contributed by atoms with Crippen LogP contribution in [0.15, 0.2) is 54.6 Å². The summed E-state index contributed by atoms with van der Waals surface area (Å²) >= 11 is 0. The molecule has 0 fully saturated rings. The molecule has 1 atom stereocenters. The van der Waals surface area contributed by atoms with E-state index in [1.54, 1.807) is 12.1 Å². The topological polar surface area (TPSA) is 75.6 Å². The summed E-state index contributed by atoms with van der Waals surface area (Å²) in [5.41, 5.74) is -0.383. The first-order valence-electron chi connectivity index (χ1n) is 8.21. The van der Waals surface area contributed by atoms with Crippen molar-refractivity contribution >= 4 is 18.0 Å². The average Bonchev–Trinajstić information content (AvgIpc) is 2.66. The Balaban J connectivity index is 2.13. The van der Waals surface area contributed by atoms with Gasteiger partial charge in [-0.1, -0.05) is 30.3 Å². The molecule has 1 amide bonds. The molecule has 2 aromatic rings. The van der Waals surface area contributed by atoms with Crippen LogP contribution in [0.1, 0.15) is 16.7 Å². The predicted molar refractivity (Wildman–Crippen MR) is 96.2 cm³/mol. The highest BCUT2D eigenvalue weighted by molar-refractivity contribution is 5.94. The number of carbonyl (C=O) groups excluding carboxylic acids is 2. The summed E-state index contributed by atoms with van der Waals surface area (Å²) in [5.74, 6) is -1.40. The Morgan fingerprint density at radius 1 is 1.14 bits per heavy atom. The first kappa shape index (κ1) is 21.0. The molecule has 28 heavy (non-hydrogen) atoms. The molecule has 5 nitrogen and oxygen atoms in total. The summed E-state index contributed by atoms with van der Waals surface area (Å²) in [6.45, 7) is 0. The van der Waals surface area contributed by atoms with Crippen molar-refractivity contribution in [3.8, 4) is 5.75 Å². The Hall–Kier alpha value is -3.29. The predicted octanol–water partition coefficient (Wildman–Crippen LogP) is 3.32. The van der Waals surface area contributed by atoms with Gasteiger partial charge in [0.25, 0.3) is 0 Å². The molecule has 0 saturated carbocycles. The second-order valence-corrected chi connectivity index (χ2v) is 5.87. The molecule has 0 aliphatic heterocycles. The van der Waals surface area contributed by atoms with E-state index in [1.165, 1.54) is 30.3 Å². The lowest BCUT2D eigenvalue weighted by Crippen LogP contribution is -2.42. The number of esters is 1. The van der Waals surface area contributed by atoms with Crippen molar-refractivity contribution in [1.29, 1.82) is 0 Å². The fraction of sp³-hybridized carbons (Fsp3) is 0.200. The fourth-order valence-corrected chi connectivity index (χ4v) is 2.49. The average molecular weight is 393 g/mol. The largest absolute Gasteiger partial charge is 0.508 e. The van der Waals surface area contributed by atoms with Gasteiger partial charge in [0.15, 0.2) is 0 Å². The van der Waals surface area contributed by atoms with Crippen molar-refractivity contribution in [3.63, 3.8) is 0 Å². The third-order valence-corrected chi connectivity index (χ3v) is 3.86. The number of hydrogen-bond donors (Lipinski definition) is 2. The molecule has 8 heteroatoms. The smallest absolute Gasteiger partial charge is 0.416 e. The highest BCUT2D eigenvalue weighted by atomic mass is 19.4. The standard InChI is InChI=1S/C20H18F3NO4/c1-28-19(27)17(12-13-6-9-15(25)10-7-13)24-18(26)11-8-14-4-2-3-5-16(14)20(21,22)23/h2-11,17,25H,12H2,1H3,(H,24,26)/t17-/m0/s1. The number of phenolic OH excluding ortho intramolecular Hbond substituents is 1. The number of amides is 1. The Morgan fingerprint density at radius 2 is 1.79 bits per heavy atom. The van der Waals surface area contributed by atoms with Crippen LogP contribution in [-0.4, -0.2) is 30.1 Å². The molecule has 0 unspecified atom stereocenters. The van der Waals surface area contributed by atoms with E-state index in [0.29, 0.717) is 5.56 Å². The molecule has 0 aliphatic rings. The molecule has 148 valence electrons. The van der Waals surface area contributed by atoms with Crippen LogP contribution in [0.2, 0.25) is 0 Å². The van der Waals surface area contributed by atoms with Crippen LogP contribution < -0.4 is 5.32 Å². The molecule has 0 spiro atoms. The minimum Gasteiger partial charge on any atom is -0.508 e. The Morgan fingerprint density at radius 3 is 2.39 bits per heavy atom. The lowest BCUT2D eigenvalue weighted by atomic mass is 10.1. The zero-order valence-corrected chi connectivity index (χ0v) is 14.9. The Kier molecular flexibility index (Phi) is 6.81. The zero-order chi connectivity index (χ0) is 20.7. The summed E-state index contributed by atoms with van der Waals surface area (Å²) in [7, 11) is 1.16. The zero-order valence-electron chi connectivity index (χ0n) is 14.9. The van der Waals surface area contributed by atoms with Gasteiger partial charge in [-0.15, -0.1) is 0 Å². The van der Waals surface area contributed by atoms with Gasteiger partial charge in [0.05, 0.1) is 12.7 Å². The summed E-state index contributed by atoms with van der Waals surface area (Å²) < 4.78 is 43.6. The van der Waals surface area contributed by atoms with Gasteiger partial charge in [-0.25, -0.2) is 4.79 Å². The molecule has 0 aliphatic carbocycles. The number of carbonyl (C=O) groups is 2. The Bertz CT molecular complexity index is 860. The number of halogens is 3. The second-order valence-electron chi connectivity index (χ2n) is 5.87. The molecule has 0 aromatic heterocycles. The first-order chi connectivity index (χ1) is 13.2. The molecular weight excluding hydrogens is 375 g/mol. The number of alkyl halides is 3. The van der Waals surface area contributed by atoms with Crippen molar-refractivity contribution in [2.24, 2.45) is 0 Å². The van der Waals surface area contributed by atoms with Gasteiger partial charge in [-0.3, -0.25) is 4.79 Å². The lowest BCUT2D eigenvalue weighted by Gasteiger charge is -2.16. The van der Waals surface area contributed by atoms with Crippen LogP contribution in [0.4, 0.5) is 13.2 Å². The first-order valence-corrected chi connectivity index (χ1v) is 8.21. The third kappa shape index (κ3) is 5.87. The maximum absolute atomic E-state index is 13.0. The minimum atomic E-state index is -4.55. The maximum Gasteiger partial charge on any atom is 0.416 e. The molecular formula is C20H18F3NO4. The highest BCUT2D eigenvalue weighted by Crippen LogP contribution is 2.32. The number of ether oxygens (including phenoxy) is 1. The van der Waals surface area contributed by atoms with Gasteiger partial charge in [0.1, 0.15) is 11.8 Å². The summed E-state index contributed by atoms with van der Waals surface area (Å²) in [4.78, 5) is 24.0. The van der Waals surface area contributed by atoms with E-state index < -0.39 is 29.7 Å². The summed E-state index contributed by atoms with van der Waals surface area (Å²) in [5, 5.41) is 11.7. The molecule has 0 heterocycles. The van der Waals surface area contributed by atoms with Crippen molar-refractivity contribution in [1.82, 2.24) is 5.32 Å². The third-order valence-electron chi connectivity index (χ3n) is 3.86. The Labute approximate surface area is 159 Å². The van der Waals surface area contributed by atoms with Crippen molar-refractivity contribution in [3.05, 3.63) is 71.3 Å². The van der Waals surface area contributed by atoms with Gasteiger partial charge in [0, 0.05) is 12.5 Å². The normalized spacial score (nSPS) is 12.6. The van der Waals surface area contributed by atoms with Crippen LogP contribution in [0.25, 0.3) is 6.08 Å². The van der Waals surface area contributed by atoms with Crippen LogP contribution in [-0.2, 0) is 26.9 Å². The van der Waals surface area contributed by atoms with E-state index >= 15 is 0 Å². The molecule has 0 radical (unpaired) electrons. The van der Waals surface area contributed by atoms with Crippen molar-refractivity contribution in [2.75, 3.05) is 7.11 Å². The van der Waals surface area contributed by atoms with E-state index in [1.807, 2.05) is 0 Å². The van der Waals surface area contributed by atoms with Gasteiger partial charge < -0.3 is 15.2 Å². The van der Waals surface area contributed by atoms with Crippen molar-refractivity contribution in [2.45, 2.75) is 18.6 Å². The van der Waals surface area contributed by atoms with E-state index in [0.717, 1.165) is 25.3 Å². The number of phenols is 1. The molecule has 2 aromatic carbocycles. The van der Waals surface area contributed by atoms with Crippen molar-refractivity contribution < 1.29 is 32.6 Å². The number of nitrogens with one attached hydrogen (secondary N) is 1. The van der Waals surface area contributed by atoms with Gasteiger partial charge in [-0.2, -0.15) is 13.2 Å². The second kappa shape index (κ2) is 9.07. The number of rotatable bonds is 6. The molecule has 2 rings (SSSR count). The molecule has 0 bridgehead atoms. The van der Waals surface area contributed by atoms with Crippen LogP contribution in [0.5, 0.6) is 5.75 Å². The summed E-state index contributed by atoms with van der Waals surface area (Å²) in [6, 6.07) is 9.81. The summed E-state index contributed by atoms with van der Waals surface area (Å²) in [6.07, 6.45) is -2.50. The van der Waals surface area contributed by atoms with Crippen LogP contribution >= 0.6 is 0 Å². The number of methoxy groups -OCH3 is 1. The minimum absolute atomic E-state index is 0.0497. The van der Waals surface area contributed by atoms with E-state index in [4.69, 9.17) is 0 Å². The molecule has 2 N–H and O–H groups in total. The van der Waals surface area contributed by atoms with Gasteiger partial charge in [0.2, 0.25) is 5.91 Å². The molecule has 0 saturated heterocycles. The SMILES string of the molecule is COC(=O)[C@H](Cc1ccc(O)cc1)NC(=O)C=Cc1ccccc1C(F)(F)F. The quantitative estimate of drug-likeness (QED) is 0.583.